The molecule has 0 saturated carbocycles. The maximum Gasteiger partial charge on any atom is 0.159 e. The molecule has 1 aromatic carbocycles. The average molecular weight is 342 g/mol. The summed E-state index contributed by atoms with van der Waals surface area (Å²) in [6, 6.07) is 9.82. The molecule has 8 heteroatoms. The second-order valence-electron chi connectivity index (χ2n) is 5.91. The van der Waals surface area contributed by atoms with Gasteiger partial charge in [0.2, 0.25) is 0 Å². The number of nitrogens with zero attached hydrogens (tertiary/aromatic N) is 5. The van der Waals surface area contributed by atoms with Gasteiger partial charge in [-0.1, -0.05) is 6.07 Å². The number of H-pyrrole nitrogens is 2. The standard InChI is InChI=1S/C18H14N8/c1-10-22-16(13-9-21-26-18(13)23-10)11-4-3-7-19-17(11)24-14-5-2-6-15-12(14)8-20-25-15/h2-9H,1H3,(H,19,24)(H,20,25)(H,21,22,23,26). The number of hydrogen-bond donors (Lipinski definition) is 3. The van der Waals surface area contributed by atoms with Crippen molar-refractivity contribution < 1.29 is 0 Å². The van der Waals surface area contributed by atoms with Gasteiger partial charge >= 0.3 is 0 Å². The van der Waals surface area contributed by atoms with Gasteiger partial charge in [0.05, 0.1) is 34.7 Å². The van der Waals surface area contributed by atoms with Gasteiger partial charge in [0.15, 0.2) is 5.65 Å². The van der Waals surface area contributed by atoms with Crippen molar-refractivity contribution in [2.75, 3.05) is 5.32 Å². The average Bonchev–Trinajstić information content (AvgIpc) is 3.31. The van der Waals surface area contributed by atoms with Crippen molar-refractivity contribution in [3.05, 3.63) is 54.7 Å². The first-order valence-corrected chi connectivity index (χ1v) is 8.12. The van der Waals surface area contributed by atoms with E-state index in [2.05, 4.69) is 40.7 Å². The smallest absolute Gasteiger partial charge is 0.159 e. The van der Waals surface area contributed by atoms with E-state index in [0.29, 0.717) is 17.3 Å². The zero-order valence-electron chi connectivity index (χ0n) is 13.9. The molecule has 0 atom stereocenters. The maximum absolute atomic E-state index is 4.63. The lowest BCUT2D eigenvalue weighted by Crippen LogP contribution is -1.99. The fourth-order valence-electron chi connectivity index (χ4n) is 3.05. The molecule has 0 aliphatic rings. The molecule has 4 aromatic heterocycles. The molecular formula is C18H14N8. The SMILES string of the molecule is Cc1nc(-c2cccnc2Nc2cccc3[nH]ncc23)c2cn[nH]c2n1. The van der Waals surface area contributed by atoms with Crippen molar-refractivity contribution in [2.45, 2.75) is 6.92 Å². The number of pyridine rings is 1. The molecule has 126 valence electrons. The number of benzene rings is 1. The summed E-state index contributed by atoms with van der Waals surface area (Å²) in [6.07, 6.45) is 5.28. The van der Waals surface area contributed by atoms with Crippen LogP contribution in [0.4, 0.5) is 11.5 Å². The third-order valence-corrected chi connectivity index (χ3v) is 4.22. The summed E-state index contributed by atoms with van der Waals surface area (Å²) in [5, 5.41) is 19.4. The zero-order valence-corrected chi connectivity index (χ0v) is 13.9. The van der Waals surface area contributed by atoms with Crippen LogP contribution in [0, 0.1) is 6.92 Å². The summed E-state index contributed by atoms with van der Waals surface area (Å²) < 4.78 is 0. The summed E-state index contributed by atoms with van der Waals surface area (Å²) >= 11 is 0. The summed E-state index contributed by atoms with van der Waals surface area (Å²) in [5.41, 5.74) is 4.26. The minimum absolute atomic E-state index is 0.670. The van der Waals surface area contributed by atoms with E-state index in [1.807, 2.05) is 37.3 Å². The predicted molar refractivity (Wildman–Crippen MR) is 99.0 cm³/mol. The Hall–Kier alpha value is -3.81. The lowest BCUT2D eigenvalue weighted by atomic mass is 10.1. The minimum Gasteiger partial charge on any atom is -0.339 e. The Labute approximate surface area is 147 Å². The van der Waals surface area contributed by atoms with Crippen LogP contribution in [-0.2, 0) is 0 Å². The highest BCUT2D eigenvalue weighted by Crippen LogP contribution is 2.33. The Kier molecular flexibility index (Phi) is 3.14. The molecule has 5 aromatic rings. The second-order valence-corrected chi connectivity index (χ2v) is 5.91. The van der Waals surface area contributed by atoms with Crippen molar-refractivity contribution in [1.82, 2.24) is 35.3 Å². The van der Waals surface area contributed by atoms with Gasteiger partial charge in [-0.2, -0.15) is 10.2 Å². The predicted octanol–water partition coefficient (Wildman–Crippen LogP) is 3.34. The molecule has 3 N–H and O–H groups in total. The summed E-state index contributed by atoms with van der Waals surface area (Å²) in [5.74, 6) is 1.38. The zero-order chi connectivity index (χ0) is 17.5. The fraction of sp³-hybridized carbons (Fsp3) is 0.0556. The summed E-state index contributed by atoms with van der Waals surface area (Å²) in [6.45, 7) is 1.86. The van der Waals surface area contributed by atoms with Gasteiger partial charge in [-0.15, -0.1) is 0 Å². The quantitative estimate of drug-likeness (QED) is 0.464. The fourth-order valence-corrected chi connectivity index (χ4v) is 3.05. The van der Waals surface area contributed by atoms with Crippen LogP contribution in [0.3, 0.4) is 0 Å². The van der Waals surface area contributed by atoms with Crippen LogP contribution in [0.2, 0.25) is 0 Å². The molecule has 0 spiro atoms. The highest BCUT2D eigenvalue weighted by atomic mass is 15.1. The van der Waals surface area contributed by atoms with E-state index in [4.69, 9.17) is 0 Å². The third-order valence-electron chi connectivity index (χ3n) is 4.22. The Morgan fingerprint density at radius 1 is 0.923 bits per heavy atom. The van der Waals surface area contributed by atoms with Gasteiger partial charge in [0, 0.05) is 17.1 Å². The number of aromatic amines is 2. The number of rotatable bonds is 3. The Balaban J connectivity index is 1.68. The molecule has 0 bridgehead atoms. The lowest BCUT2D eigenvalue weighted by Gasteiger charge is -2.12. The largest absolute Gasteiger partial charge is 0.339 e. The van der Waals surface area contributed by atoms with E-state index < -0.39 is 0 Å². The monoisotopic (exact) mass is 342 g/mol. The van der Waals surface area contributed by atoms with Gasteiger partial charge in [-0.05, 0) is 31.2 Å². The molecule has 0 radical (unpaired) electrons. The first-order chi connectivity index (χ1) is 12.8. The molecule has 8 nitrogen and oxygen atoms in total. The number of fused-ring (bicyclic) bond motifs is 2. The van der Waals surface area contributed by atoms with E-state index in [9.17, 15) is 0 Å². The summed E-state index contributed by atoms with van der Waals surface area (Å²) in [7, 11) is 0. The van der Waals surface area contributed by atoms with Gasteiger partial charge in [0.25, 0.3) is 0 Å². The van der Waals surface area contributed by atoms with Gasteiger partial charge < -0.3 is 5.32 Å². The van der Waals surface area contributed by atoms with Crippen molar-refractivity contribution in [1.29, 1.82) is 0 Å². The molecule has 0 amide bonds. The minimum atomic E-state index is 0.670. The Bertz CT molecular complexity index is 1240. The molecule has 5 rings (SSSR count). The van der Waals surface area contributed by atoms with Crippen LogP contribution in [0.25, 0.3) is 33.2 Å². The van der Waals surface area contributed by atoms with E-state index in [1.165, 1.54) is 0 Å². The van der Waals surface area contributed by atoms with E-state index in [0.717, 1.165) is 33.2 Å². The number of hydrogen-bond acceptors (Lipinski definition) is 6. The van der Waals surface area contributed by atoms with E-state index in [-0.39, 0.29) is 0 Å². The molecule has 0 aliphatic heterocycles. The highest BCUT2D eigenvalue weighted by molar-refractivity contribution is 5.97. The summed E-state index contributed by atoms with van der Waals surface area (Å²) in [4.78, 5) is 13.5. The number of anilines is 2. The van der Waals surface area contributed by atoms with Crippen LogP contribution in [0.1, 0.15) is 5.82 Å². The first kappa shape index (κ1) is 14.5. The highest BCUT2D eigenvalue weighted by Gasteiger charge is 2.15. The molecule has 0 fully saturated rings. The van der Waals surface area contributed by atoms with Crippen molar-refractivity contribution in [3.8, 4) is 11.3 Å². The van der Waals surface area contributed by atoms with Crippen LogP contribution in [0.5, 0.6) is 0 Å². The van der Waals surface area contributed by atoms with Crippen LogP contribution < -0.4 is 5.32 Å². The molecule has 0 aliphatic carbocycles. The maximum atomic E-state index is 4.63. The third kappa shape index (κ3) is 2.27. The second kappa shape index (κ2) is 5.62. The number of aromatic nitrogens is 7. The van der Waals surface area contributed by atoms with Crippen LogP contribution >= 0.6 is 0 Å². The Morgan fingerprint density at radius 2 is 1.81 bits per heavy atom. The molecule has 0 saturated heterocycles. The first-order valence-electron chi connectivity index (χ1n) is 8.12. The number of aryl methyl sites for hydroxylation is 1. The lowest BCUT2D eigenvalue weighted by molar-refractivity contribution is 1.05. The van der Waals surface area contributed by atoms with E-state index >= 15 is 0 Å². The van der Waals surface area contributed by atoms with Gasteiger partial charge in [-0.25, -0.2) is 15.0 Å². The number of nitrogens with one attached hydrogen (secondary N) is 3. The molecule has 0 unspecified atom stereocenters. The van der Waals surface area contributed by atoms with Crippen LogP contribution in [0.15, 0.2) is 48.9 Å². The van der Waals surface area contributed by atoms with Crippen molar-refractivity contribution in [3.63, 3.8) is 0 Å². The molecule has 4 heterocycles. The molecular weight excluding hydrogens is 328 g/mol. The normalized spacial score (nSPS) is 11.3. The van der Waals surface area contributed by atoms with Crippen molar-refractivity contribution >= 4 is 33.4 Å². The van der Waals surface area contributed by atoms with Gasteiger partial charge in [0.1, 0.15) is 11.6 Å². The molecule has 26 heavy (non-hydrogen) atoms. The van der Waals surface area contributed by atoms with Crippen LogP contribution in [-0.4, -0.2) is 35.3 Å². The Morgan fingerprint density at radius 3 is 2.77 bits per heavy atom. The van der Waals surface area contributed by atoms with E-state index in [1.54, 1.807) is 18.6 Å². The van der Waals surface area contributed by atoms with Gasteiger partial charge in [-0.3, -0.25) is 10.2 Å². The topological polar surface area (TPSA) is 108 Å². The van der Waals surface area contributed by atoms with Crippen molar-refractivity contribution in [2.24, 2.45) is 0 Å².